The second-order valence-electron chi connectivity index (χ2n) is 6.84. The molecule has 0 fully saturated rings. The van der Waals surface area contributed by atoms with Crippen molar-refractivity contribution < 1.29 is 19.1 Å². The first kappa shape index (κ1) is 20.2. The Morgan fingerprint density at radius 3 is 2.33 bits per heavy atom. The lowest BCUT2D eigenvalue weighted by Gasteiger charge is -2.26. The predicted octanol–water partition coefficient (Wildman–Crippen LogP) is 3.85. The fourth-order valence-corrected chi connectivity index (χ4v) is 2.19. The van der Waals surface area contributed by atoms with Crippen molar-refractivity contribution >= 4 is 11.9 Å². The number of hydrogen-bond donors (Lipinski definition) is 1. The Morgan fingerprint density at radius 1 is 1.17 bits per heavy atom. The van der Waals surface area contributed by atoms with E-state index in [-0.39, 0.29) is 5.78 Å². The molecule has 134 valence electrons. The van der Waals surface area contributed by atoms with E-state index in [1.54, 1.807) is 27.7 Å². The van der Waals surface area contributed by atoms with Gasteiger partial charge in [0.15, 0.2) is 5.78 Å². The molecule has 0 unspecified atom stereocenters. The van der Waals surface area contributed by atoms with Crippen LogP contribution < -0.4 is 5.32 Å². The Morgan fingerprint density at radius 2 is 1.79 bits per heavy atom. The van der Waals surface area contributed by atoms with E-state index >= 15 is 0 Å². The highest BCUT2D eigenvalue weighted by Gasteiger charge is 2.29. The number of hydrogen-bond acceptors (Lipinski definition) is 4. The third kappa shape index (κ3) is 7.59. The van der Waals surface area contributed by atoms with Crippen molar-refractivity contribution in [3.05, 3.63) is 35.9 Å². The molecule has 0 bridgehead atoms. The minimum Gasteiger partial charge on any atom is -0.444 e. The number of ketones is 1. The fraction of sp³-hybridized carbons (Fsp3) is 0.579. The van der Waals surface area contributed by atoms with Gasteiger partial charge in [-0.25, -0.2) is 4.79 Å². The molecule has 1 N–H and O–H groups in total. The summed E-state index contributed by atoms with van der Waals surface area (Å²) in [6.07, 6.45) is 0.0554. The Balaban J connectivity index is 2.69. The molecule has 1 rings (SSSR count). The van der Waals surface area contributed by atoms with Crippen molar-refractivity contribution in [3.63, 3.8) is 0 Å². The van der Waals surface area contributed by atoms with Crippen LogP contribution in [0.25, 0.3) is 0 Å². The van der Waals surface area contributed by atoms with Gasteiger partial charge in [-0.15, -0.1) is 0 Å². The summed E-state index contributed by atoms with van der Waals surface area (Å²) in [5.41, 5.74) is 0.402. The van der Waals surface area contributed by atoms with Gasteiger partial charge < -0.3 is 14.8 Å². The zero-order valence-electron chi connectivity index (χ0n) is 15.3. The number of nitrogens with one attached hydrogen (secondary N) is 1. The summed E-state index contributed by atoms with van der Waals surface area (Å²) in [5.74, 6) is -0.0519. The van der Waals surface area contributed by atoms with Crippen LogP contribution in [-0.2, 0) is 20.9 Å². The molecule has 0 aliphatic rings. The topological polar surface area (TPSA) is 64.6 Å². The number of carbonyl (C=O) groups excluding carboxylic acids is 2. The summed E-state index contributed by atoms with van der Waals surface area (Å²) in [6.45, 7) is 9.45. The molecule has 5 nitrogen and oxygen atoms in total. The molecule has 0 saturated carbocycles. The van der Waals surface area contributed by atoms with Gasteiger partial charge in [0.05, 0.1) is 12.7 Å². The molecule has 24 heavy (non-hydrogen) atoms. The van der Waals surface area contributed by atoms with Gasteiger partial charge in [-0.2, -0.15) is 0 Å². The van der Waals surface area contributed by atoms with Crippen LogP contribution in [0.3, 0.4) is 0 Å². The highest BCUT2D eigenvalue weighted by Crippen LogP contribution is 2.11. The van der Waals surface area contributed by atoms with Crippen LogP contribution in [-0.4, -0.2) is 29.6 Å². The van der Waals surface area contributed by atoms with Crippen LogP contribution in [0.4, 0.5) is 4.79 Å². The van der Waals surface area contributed by atoms with E-state index < -0.39 is 23.8 Å². The van der Waals surface area contributed by atoms with Gasteiger partial charge in [0.25, 0.3) is 0 Å². The maximum atomic E-state index is 12.3. The molecule has 0 spiro atoms. The molecule has 0 heterocycles. The summed E-state index contributed by atoms with van der Waals surface area (Å²) < 4.78 is 11.0. The average molecular weight is 335 g/mol. The van der Waals surface area contributed by atoms with Crippen molar-refractivity contribution in [1.29, 1.82) is 0 Å². The highest BCUT2D eigenvalue weighted by atomic mass is 16.6. The third-order valence-electron chi connectivity index (χ3n) is 3.34. The fourth-order valence-electron chi connectivity index (χ4n) is 2.19. The van der Waals surface area contributed by atoms with E-state index in [2.05, 4.69) is 5.32 Å². The van der Waals surface area contributed by atoms with Gasteiger partial charge in [0.1, 0.15) is 11.6 Å². The van der Waals surface area contributed by atoms with Gasteiger partial charge in [-0.05, 0) is 39.7 Å². The number of benzene rings is 1. The van der Waals surface area contributed by atoms with E-state index in [0.29, 0.717) is 13.0 Å². The van der Waals surface area contributed by atoms with Crippen molar-refractivity contribution in [2.45, 2.75) is 71.8 Å². The normalized spacial score (nSPS) is 13.9. The van der Waals surface area contributed by atoms with Gasteiger partial charge in [-0.3, -0.25) is 4.79 Å². The lowest BCUT2D eigenvalue weighted by atomic mass is 10.0. The summed E-state index contributed by atoms with van der Waals surface area (Å²) in [5, 5.41) is 2.66. The molecule has 0 saturated heterocycles. The minimum absolute atomic E-state index is 0.0519. The molecule has 0 aliphatic heterocycles. The summed E-state index contributed by atoms with van der Waals surface area (Å²) in [4.78, 5) is 24.4. The summed E-state index contributed by atoms with van der Waals surface area (Å²) >= 11 is 0. The number of ether oxygens (including phenoxy) is 2. The lowest BCUT2D eigenvalue weighted by Crippen LogP contribution is -2.50. The quantitative estimate of drug-likeness (QED) is 0.783. The number of amides is 1. The predicted molar refractivity (Wildman–Crippen MR) is 93.8 cm³/mol. The van der Waals surface area contributed by atoms with Gasteiger partial charge in [0.2, 0.25) is 0 Å². The van der Waals surface area contributed by atoms with Crippen LogP contribution in [0.5, 0.6) is 0 Å². The minimum atomic E-state index is -0.719. The van der Waals surface area contributed by atoms with Crippen LogP contribution in [0.2, 0.25) is 0 Å². The molecule has 1 aromatic carbocycles. The number of rotatable bonds is 8. The van der Waals surface area contributed by atoms with Gasteiger partial charge >= 0.3 is 6.09 Å². The monoisotopic (exact) mass is 335 g/mol. The Hall–Kier alpha value is -1.88. The zero-order valence-corrected chi connectivity index (χ0v) is 15.3. The van der Waals surface area contributed by atoms with Crippen molar-refractivity contribution in [3.8, 4) is 0 Å². The molecule has 0 aromatic heterocycles. The maximum absolute atomic E-state index is 12.3. The van der Waals surface area contributed by atoms with E-state index in [9.17, 15) is 9.59 Å². The first-order valence-electron chi connectivity index (χ1n) is 8.40. The number of alkyl carbamates (subject to hydrolysis) is 1. The lowest BCUT2D eigenvalue weighted by molar-refractivity contribution is -0.125. The highest BCUT2D eigenvalue weighted by molar-refractivity contribution is 5.88. The Kier molecular flexibility index (Phi) is 7.92. The molecule has 0 aliphatic carbocycles. The van der Waals surface area contributed by atoms with Crippen LogP contribution in [0, 0.1) is 0 Å². The second kappa shape index (κ2) is 9.42. The molecule has 1 amide bonds. The first-order chi connectivity index (χ1) is 11.2. The van der Waals surface area contributed by atoms with E-state index in [0.717, 1.165) is 12.0 Å². The first-order valence-corrected chi connectivity index (χ1v) is 8.40. The van der Waals surface area contributed by atoms with E-state index in [4.69, 9.17) is 9.47 Å². The second-order valence-corrected chi connectivity index (χ2v) is 6.84. The molecule has 0 radical (unpaired) electrons. The molecular formula is C19H29NO4. The van der Waals surface area contributed by atoms with Crippen molar-refractivity contribution in [2.24, 2.45) is 0 Å². The maximum Gasteiger partial charge on any atom is 0.408 e. The summed E-state index contributed by atoms with van der Waals surface area (Å²) in [6, 6.07) is 8.99. The molecule has 5 heteroatoms. The van der Waals surface area contributed by atoms with Crippen LogP contribution in [0.1, 0.15) is 53.0 Å². The average Bonchev–Trinajstić information content (AvgIpc) is 2.50. The SMILES string of the molecule is CCCC(=O)[C@H](NC(=O)OC(C)(C)C)[C@H](C)OCc1ccccc1. The third-order valence-corrected chi connectivity index (χ3v) is 3.34. The Bertz CT molecular complexity index is 522. The van der Waals surface area contributed by atoms with E-state index in [1.165, 1.54) is 0 Å². The van der Waals surface area contributed by atoms with E-state index in [1.807, 2.05) is 37.3 Å². The van der Waals surface area contributed by atoms with Gasteiger partial charge in [-0.1, -0.05) is 37.3 Å². The largest absolute Gasteiger partial charge is 0.444 e. The molecular weight excluding hydrogens is 306 g/mol. The van der Waals surface area contributed by atoms with Crippen LogP contribution >= 0.6 is 0 Å². The number of carbonyl (C=O) groups is 2. The molecule has 2 atom stereocenters. The van der Waals surface area contributed by atoms with Crippen molar-refractivity contribution in [1.82, 2.24) is 5.32 Å². The summed E-state index contributed by atoms with van der Waals surface area (Å²) in [7, 11) is 0. The molecule has 1 aromatic rings. The van der Waals surface area contributed by atoms with Crippen LogP contribution in [0.15, 0.2) is 30.3 Å². The van der Waals surface area contributed by atoms with Gasteiger partial charge in [0, 0.05) is 6.42 Å². The van der Waals surface area contributed by atoms with Crippen molar-refractivity contribution in [2.75, 3.05) is 0 Å². The number of Topliss-reactive ketones (excluding diaryl/α,β-unsaturated/α-hetero) is 1. The standard InChI is InChI=1S/C19H29NO4/c1-6-10-16(21)17(20-18(22)24-19(3,4)5)14(2)23-13-15-11-8-7-9-12-15/h7-9,11-12,14,17H,6,10,13H2,1-5H3,(H,20,22)/t14-,17+/m0/s1. The Labute approximate surface area is 144 Å². The smallest absolute Gasteiger partial charge is 0.408 e. The zero-order chi connectivity index (χ0) is 18.2.